The summed E-state index contributed by atoms with van der Waals surface area (Å²) in [5, 5.41) is 23.9. The monoisotopic (exact) mass is 478 g/mol. The zero-order valence-corrected chi connectivity index (χ0v) is 17.3. The lowest BCUT2D eigenvalue weighted by Crippen LogP contribution is -2.40. The van der Waals surface area contributed by atoms with E-state index in [1.807, 2.05) is 0 Å². The van der Waals surface area contributed by atoms with E-state index in [4.69, 9.17) is 8.57 Å². The maximum absolute atomic E-state index is 12.6. The summed E-state index contributed by atoms with van der Waals surface area (Å²) >= 11 is 0. The summed E-state index contributed by atoms with van der Waals surface area (Å²) in [5.41, 5.74) is 1.05. The van der Waals surface area contributed by atoms with Crippen LogP contribution in [-0.4, -0.2) is 119 Å². The van der Waals surface area contributed by atoms with E-state index in [0.717, 1.165) is 0 Å². The van der Waals surface area contributed by atoms with Gasteiger partial charge in [0.15, 0.2) is 12.7 Å². The summed E-state index contributed by atoms with van der Waals surface area (Å²) in [4.78, 5) is 30.4. The molecule has 2 saturated heterocycles. The van der Waals surface area contributed by atoms with Crippen LogP contribution in [0.2, 0.25) is 0 Å². The zero-order chi connectivity index (χ0) is 22.7. The molecule has 19 heteroatoms. The second-order valence-electron chi connectivity index (χ2n) is 7.44. The Morgan fingerprint density at radius 1 is 0.788 bits per heavy atom. The minimum Gasteiger partial charge on any atom is -0.314 e. The molecule has 172 valence electrons. The van der Waals surface area contributed by atoms with Crippen LogP contribution in [0.1, 0.15) is 0 Å². The maximum Gasteiger partial charge on any atom is 0.442 e. The number of nitrogens with zero attached hydrogens (tertiary/aromatic N) is 12. The van der Waals surface area contributed by atoms with Crippen molar-refractivity contribution < 1.29 is 26.6 Å². The van der Waals surface area contributed by atoms with Gasteiger partial charge in [-0.15, -0.1) is 38.6 Å². The maximum atomic E-state index is 12.6. The number of urea groups is 2. The number of rotatable bonds is 6. The third kappa shape index (κ3) is 3.29. The molecule has 0 spiro atoms. The molecule has 33 heavy (non-hydrogen) atoms. The summed E-state index contributed by atoms with van der Waals surface area (Å²) in [7, 11) is -4.84. The molecule has 0 aliphatic carbocycles. The summed E-state index contributed by atoms with van der Waals surface area (Å²) in [6.45, 7) is 0.668. The van der Waals surface area contributed by atoms with Gasteiger partial charge in [-0.3, -0.25) is 0 Å². The Morgan fingerprint density at radius 2 is 1.24 bits per heavy atom. The predicted molar refractivity (Wildman–Crippen MR) is 100 cm³/mol. The van der Waals surface area contributed by atoms with Crippen molar-refractivity contribution in [3.8, 4) is 0 Å². The van der Waals surface area contributed by atoms with Crippen LogP contribution in [0.4, 0.5) is 9.59 Å². The first-order valence-electron chi connectivity index (χ1n) is 9.56. The number of carbonyl (C=O) groups is 2. The van der Waals surface area contributed by atoms with Crippen LogP contribution in [0.25, 0.3) is 11.4 Å². The van der Waals surface area contributed by atoms with Crippen molar-refractivity contribution in [2.24, 2.45) is 0 Å². The summed E-state index contributed by atoms with van der Waals surface area (Å²) in [5.74, 6) is 0. The Hall–Kier alpha value is -3.97. The summed E-state index contributed by atoms with van der Waals surface area (Å²) in [6.07, 6.45) is 5.66. The van der Waals surface area contributed by atoms with Gasteiger partial charge >= 0.3 is 22.5 Å². The zero-order valence-electron chi connectivity index (χ0n) is 16.5. The number of tetrazole rings is 2. The molecule has 4 bridgehead atoms. The standard InChI is InChI=1S/C14H14N12O6S/c27-13-21-3-9(1-11(5-21)25-17-7-15-19-25)23(13)31-33(29,30)32-24-10-2-12(26-18-8-16-20-26)6-22(4-10)14(24)28/h1-2,7-10H,3-6H2. The predicted octanol–water partition coefficient (Wildman–Crippen LogP) is -2.61. The van der Waals surface area contributed by atoms with Gasteiger partial charge in [-0.1, -0.05) is 0 Å². The fourth-order valence-electron chi connectivity index (χ4n) is 4.01. The van der Waals surface area contributed by atoms with Crippen molar-refractivity contribution in [1.82, 2.24) is 60.3 Å². The fraction of sp³-hybridized carbons (Fsp3) is 0.429. The highest BCUT2D eigenvalue weighted by molar-refractivity contribution is 7.81. The van der Waals surface area contributed by atoms with Gasteiger partial charge in [0.1, 0.15) is 12.1 Å². The lowest BCUT2D eigenvalue weighted by molar-refractivity contribution is -0.0723. The van der Waals surface area contributed by atoms with Crippen molar-refractivity contribution in [3.05, 3.63) is 24.8 Å². The number of carbonyl (C=O) groups excluding carboxylic acids is 2. The summed E-state index contributed by atoms with van der Waals surface area (Å²) in [6, 6.07) is -2.86. The minimum absolute atomic E-state index is 0.137. The lowest BCUT2D eigenvalue weighted by Gasteiger charge is -2.22. The van der Waals surface area contributed by atoms with Crippen molar-refractivity contribution in [3.63, 3.8) is 0 Å². The van der Waals surface area contributed by atoms with Crippen molar-refractivity contribution >= 4 is 33.9 Å². The molecule has 18 nitrogen and oxygen atoms in total. The number of hydrogen-bond acceptors (Lipinski definition) is 12. The van der Waals surface area contributed by atoms with E-state index in [0.29, 0.717) is 21.5 Å². The van der Waals surface area contributed by atoms with Gasteiger partial charge in [-0.05, 0) is 22.6 Å². The highest BCUT2D eigenvalue weighted by Crippen LogP contribution is 2.30. The van der Waals surface area contributed by atoms with Gasteiger partial charge < -0.3 is 9.80 Å². The Morgan fingerprint density at radius 3 is 1.64 bits per heavy atom. The van der Waals surface area contributed by atoms with Gasteiger partial charge in [0.25, 0.3) is 0 Å². The van der Waals surface area contributed by atoms with E-state index in [2.05, 4.69) is 30.8 Å². The first kappa shape index (κ1) is 19.7. The lowest BCUT2D eigenvalue weighted by atomic mass is 10.2. The molecule has 2 atom stereocenters. The van der Waals surface area contributed by atoms with Crippen LogP contribution in [0, 0.1) is 0 Å². The summed E-state index contributed by atoms with van der Waals surface area (Å²) < 4.78 is 35.2. The molecular weight excluding hydrogens is 464 g/mol. The molecule has 0 radical (unpaired) electrons. The minimum atomic E-state index is -4.84. The van der Waals surface area contributed by atoms with Gasteiger partial charge in [-0.2, -0.15) is 18.5 Å². The molecule has 0 N–H and O–H groups in total. The Kier molecular flexibility index (Phi) is 4.19. The second kappa shape index (κ2) is 7.02. The van der Waals surface area contributed by atoms with Crippen molar-refractivity contribution in [1.29, 1.82) is 0 Å². The van der Waals surface area contributed by atoms with E-state index in [9.17, 15) is 18.0 Å². The molecule has 4 amide bonds. The van der Waals surface area contributed by atoms with Crippen molar-refractivity contribution in [2.75, 3.05) is 26.2 Å². The van der Waals surface area contributed by atoms with Gasteiger partial charge in [0.05, 0.1) is 24.5 Å². The van der Waals surface area contributed by atoms with Crippen LogP contribution >= 0.6 is 0 Å². The van der Waals surface area contributed by atoms with Crippen molar-refractivity contribution in [2.45, 2.75) is 12.1 Å². The molecule has 2 unspecified atom stereocenters. The van der Waals surface area contributed by atoms with Crippen LogP contribution in [0.15, 0.2) is 24.8 Å². The molecule has 0 aromatic carbocycles. The Balaban J connectivity index is 1.19. The SMILES string of the molecule is O=C1N2CC(n3ncnn3)=CC(C2)N1OS(=O)(=O)ON1C(=O)N2CC(n3ncnn3)=CC1C2. The highest BCUT2D eigenvalue weighted by Gasteiger charge is 2.47. The molecule has 6 rings (SSSR count). The Bertz CT molecular complexity index is 1180. The molecule has 0 saturated carbocycles. The first-order chi connectivity index (χ1) is 15.9. The number of hydrogen-bond donors (Lipinski definition) is 0. The Labute approximate surface area is 184 Å². The van der Waals surface area contributed by atoms with E-state index in [-0.39, 0.29) is 26.2 Å². The molecule has 2 aromatic rings. The molecular formula is C14H14N12O6S. The fourth-order valence-corrected chi connectivity index (χ4v) is 4.78. The van der Waals surface area contributed by atoms with E-state index in [1.165, 1.54) is 32.0 Å². The van der Waals surface area contributed by atoms with Crippen LogP contribution < -0.4 is 0 Å². The second-order valence-corrected chi connectivity index (χ2v) is 8.55. The highest BCUT2D eigenvalue weighted by atomic mass is 32.3. The average molecular weight is 478 g/mol. The van der Waals surface area contributed by atoms with Crippen LogP contribution in [0.5, 0.6) is 0 Å². The molecule has 4 aliphatic heterocycles. The van der Waals surface area contributed by atoms with Crippen LogP contribution in [0.3, 0.4) is 0 Å². The number of amides is 4. The first-order valence-corrected chi connectivity index (χ1v) is 10.9. The smallest absolute Gasteiger partial charge is 0.314 e. The van der Waals surface area contributed by atoms with Gasteiger partial charge in [0.2, 0.25) is 0 Å². The van der Waals surface area contributed by atoms with E-state index >= 15 is 0 Å². The normalized spacial score (nSPS) is 24.6. The molecule has 2 aromatic heterocycles. The van der Waals surface area contributed by atoms with Gasteiger partial charge in [0, 0.05) is 13.1 Å². The van der Waals surface area contributed by atoms with Gasteiger partial charge in [-0.25, -0.2) is 9.59 Å². The quantitative estimate of drug-likeness (QED) is 0.421. The third-order valence-electron chi connectivity index (χ3n) is 5.37. The molecule has 6 heterocycles. The topological polar surface area (TPSA) is 187 Å². The van der Waals surface area contributed by atoms with E-state index in [1.54, 1.807) is 12.2 Å². The van der Waals surface area contributed by atoms with E-state index < -0.39 is 34.5 Å². The number of aromatic nitrogens is 8. The number of hydroxylamine groups is 4. The molecule has 4 aliphatic rings. The van der Waals surface area contributed by atoms with Crippen LogP contribution in [-0.2, 0) is 19.0 Å². The third-order valence-corrected chi connectivity index (χ3v) is 6.05. The number of fused-ring (bicyclic) bond motifs is 4. The molecule has 2 fully saturated rings. The largest absolute Gasteiger partial charge is 0.442 e. The average Bonchev–Trinajstić information content (AvgIpc) is 3.59.